The van der Waals surface area contributed by atoms with Crippen molar-refractivity contribution in [3.05, 3.63) is 65.2 Å². The summed E-state index contributed by atoms with van der Waals surface area (Å²) in [6, 6.07) is 13.7. The van der Waals surface area contributed by atoms with Crippen LogP contribution in [0.1, 0.15) is 15.9 Å². The molecular formula is C18H19N3O2S. The van der Waals surface area contributed by atoms with Gasteiger partial charge in [0, 0.05) is 26.3 Å². The van der Waals surface area contributed by atoms with Gasteiger partial charge in [0.15, 0.2) is 0 Å². The monoisotopic (exact) mass is 341 g/mol. The van der Waals surface area contributed by atoms with Crippen molar-refractivity contribution >= 4 is 17.2 Å². The van der Waals surface area contributed by atoms with Crippen molar-refractivity contribution in [1.29, 1.82) is 0 Å². The molecule has 0 fully saturated rings. The molecule has 0 unspecified atom stereocenters. The van der Waals surface area contributed by atoms with Crippen molar-refractivity contribution in [3.8, 4) is 10.6 Å². The highest BCUT2D eigenvalue weighted by molar-refractivity contribution is 7.13. The molecule has 0 aliphatic rings. The molecule has 0 saturated carbocycles. The topological polar surface area (TPSA) is 58.4 Å². The molecule has 3 aromatic rings. The predicted octanol–water partition coefficient (Wildman–Crippen LogP) is 2.78. The Balaban J connectivity index is 1.91. The van der Waals surface area contributed by atoms with Gasteiger partial charge in [-0.05, 0) is 17.0 Å². The number of benzene rings is 1. The van der Waals surface area contributed by atoms with Crippen LogP contribution in [0.5, 0.6) is 0 Å². The number of aryl methyl sites for hydroxylation is 1. The van der Waals surface area contributed by atoms with E-state index in [1.54, 1.807) is 27.1 Å². The molecule has 0 bridgehead atoms. The smallest absolute Gasteiger partial charge is 0.258 e. The van der Waals surface area contributed by atoms with Gasteiger partial charge in [-0.25, -0.2) is 0 Å². The fourth-order valence-electron chi connectivity index (χ4n) is 2.59. The molecule has 0 aliphatic carbocycles. The molecule has 6 heteroatoms. The van der Waals surface area contributed by atoms with Gasteiger partial charge in [0.05, 0.1) is 17.0 Å². The molecule has 0 atom stereocenters. The maximum absolute atomic E-state index is 13.0. The summed E-state index contributed by atoms with van der Waals surface area (Å²) in [5.74, 6) is -0.121. The summed E-state index contributed by atoms with van der Waals surface area (Å²) in [7, 11) is 1.81. The Morgan fingerprint density at radius 1 is 1.25 bits per heavy atom. The van der Waals surface area contributed by atoms with Crippen molar-refractivity contribution < 1.29 is 9.90 Å². The third-order valence-corrected chi connectivity index (χ3v) is 4.56. The number of amides is 1. The molecule has 1 N–H and O–H groups in total. The quantitative estimate of drug-likeness (QED) is 0.750. The second-order valence-electron chi connectivity index (χ2n) is 5.48. The molecule has 3 rings (SSSR count). The first-order valence-corrected chi connectivity index (χ1v) is 8.58. The van der Waals surface area contributed by atoms with E-state index in [1.807, 2.05) is 54.9 Å². The second-order valence-corrected chi connectivity index (χ2v) is 6.43. The normalized spacial score (nSPS) is 10.8. The van der Waals surface area contributed by atoms with E-state index in [2.05, 4.69) is 5.10 Å². The van der Waals surface area contributed by atoms with Gasteiger partial charge in [0.1, 0.15) is 5.69 Å². The molecular weight excluding hydrogens is 322 g/mol. The van der Waals surface area contributed by atoms with Crippen LogP contribution in [0.25, 0.3) is 10.6 Å². The zero-order valence-electron chi connectivity index (χ0n) is 13.4. The minimum absolute atomic E-state index is 0.0762. The van der Waals surface area contributed by atoms with Crippen LogP contribution in [0, 0.1) is 0 Å². The first kappa shape index (κ1) is 16.4. The van der Waals surface area contributed by atoms with Gasteiger partial charge in [0.25, 0.3) is 5.91 Å². The molecule has 1 aromatic carbocycles. The lowest BCUT2D eigenvalue weighted by Crippen LogP contribution is -2.33. The van der Waals surface area contributed by atoms with E-state index in [9.17, 15) is 9.90 Å². The van der Waals surface area contributed by atoms with Crippen molar-refractivity contribution in [1.82, 2.24) is 14.7 Å². The Hall–Kier alpha value is -2.44. The van der Waals surface area contributed by atoms with Crippen LogP contribution < -0.4 is 0 Å². The van der Waals surface area contributed by atoms with Crippen LogP contribution in [0.15, 0.2) is 54.0 Å². The van der Waals surface area contributed by atoms with Crippen LogP contribution >= 0.6 is 11.3 Å². The average Bonchev–Trinajstić information content (AvgIpc) is 3.24. The Morgan fingerprint density at radius 2 is 2.04 bits per heavy atom. The highest BCUT2D eigenvalue weighted by atomic mass is 32.1. The summed E-state index contributed by atoms with van der Waals surface area (Å²) >= 11 is 1.55. The zero-order valence-corrected chi connectivity index (χ0v) is 14.2. The fraction of sp³-hybridized carbons (Fsp3) is 0.222. The third-order valence-electron chi connectivity index (χ3n) is 3.69. The summed E-state index contributed by atoms with van der Waals surface area (Å²) in [6.07, 6.45) is 1.74. The van der Waals surface area contributed by atoms with Gasteiger partial charge in [0.2, 0.25) is 0 Å². The highest BCUT2D eigenvalue weighted by Crippen LogP contribution is 2.27. The van der Waals surface area contributed by atoms with E-state index in [1.165, 1.54) is 0 Å². The molecule has 2 heterocycles. The van der Waals surface area contributed by atoms with E-state index in [-0.39, 0.29) is 19.1 Å². The van der Waals surface area contributed by atoms with Gasteiger partial charge >= 0.3 is 0 Å². The van der Waals surface area contributed by atoms with Crippen LogP contribution in [0.2, 0.25) is 0 Å². The highest BCUT2D eigenvalue weighted by Gasteiger charge is 2.23. The number of aliphatic hydroxyl groups excluding tert-OH is 1. The Morgan fingerprint density at radius 3 is 2.71 bits per heavy atom. The number of aliphatic hydroxyl groups is 1. The number of hydrogen-bond donors (Lipinski definition) is 1. The maximum atomic E-state index is 13.0. The number of thiophene rings is 1. The van der Waals surface area contributed by atoms with E-state index in [0.717, 1.165) is 10.4 Å². The minimum atomic E-state index is -0.121. The first-order chi connectivity index (χ1) is 11.7. The van der Waals surface area contributed by atoms with Crippen molar-refractivity contribution in [2.45, 2.75) is 6.54 Å². The van der Waals surface area contributed by atoms with Gasteiger partial charge < -0.3 is 10.0 Å². The molecule has 124 valence electrons. The molecule has 24 heavy (non-hydrogen) atoms. The van der Waals surface area contributed by atoms with Crippen LogP contribution in [0.4, 0.5) is 0 Å². The number of carbonyl (C=O) groups excluding carboxylic acids is 1. The summed E-state index contributed by atoms with van der Waals surface area (Å²) < 4.78 is 1.65. The first-order valence-electron chi connectivity index (χ1n) is 7.70. The van der Waals surface area contributed by atoms with Gasteiger partial charge in [-0.2, -0.15) is 5.10 Å². The molecule has 5 nitrogen and oxygen atoms in total. The maximum Gasteiger partial charge on any atom is 0.258 e. The molecule has 0 aliphatic heterocycles. The molecule has 0 saturated heterocycles. The van der Waals surface area contributed by atoms with Gasteiger partial charge in [-0.15, -0.1) is 11.3 Å². The van der Waals surface area contributed by atoms with Crippen LogP contribution in [-0.2, 0) is 13.6 Å². The second kappa shape index (κ2) is 7.42. The summed E-state index contributed by atoms with van der Waals surface area (Å²) in [5.41, 5.74) is 2.28. The third kappa shape index (κ3) is 3.55. The van der Waals surface area contributed by atoms with Crippen LogP contribution in [0.3, 0.4) is 0 Å². The zero-order chi connectivity index (χ0) is 16.9. The fourth-order valence-corrected chi connectivity index (χ4v) is 3.31. The van der Waals surface area contributed by atoms with Crippen molar-refractivity contribution in [3.63, 3.8) is 0 Å². The SMILES string of the molecule is Cn1cc(C(=O)N(CCO)Cc2ccccc2)c(-c2cccs2)n1. The number of nitrogens with zero attached hydrogens (tertiary/aromatic N) is 3. The summed E-state index contributed by atoms with van der Waals surface area (Å²) in [6.45, 7) is 0.665. The number of aromatic nitrogens is 2. The summed E-state index contributed by atoms with van der Waals surface area (Å²) in [4.78, 5) is 15.7. The lowest BCUT2D eigenvalue weighted by molar-refractivity contribution is 0.0708. The Labute approximate surface area is 144 Å². The van der Waals surface area contributed by atoms with E-state index < -0.39 is 0 Å². The van der Waals surface area contributed by atoms with Crippen LogP contribution in [-0.4, -0.2) is 38.8 Å². The largest absolute Gasteiger partial charge is 0.395 e. The van der Waals surface area contributed by atoms with Gasteiger partial charge in [-0.3, -0.25) is 9.48 Å². The molecule has 0 spiro atoms. The van der Waals surface area contributed by atoms with Crippen molar-refractivity contribution in [2.24, 2.45) is 7.05 Å². The lowest BCUT2D eigenvalue weighted by atomic mass is 10.1. The summed E-state index contributed by atoms with van der Waals surface area (Å²) in [5, 5.41) is 15.8. The number of carbonyl (C=O) groups is 1. The number of rotatable bonds is 6. The lowest BCUT2D eigenvalue weighted by Gasteiger charge is -2.21. The Kier molecular flexibility index (Phi) is 5.08. The van der Waals surface area contributed by atoms with Crippen molar-refractivity contribution in [2.75, 3.05) is 13.2 Å². The number of hydrogen-bond acceptors (Lipinski definition) is 4. The van der Waals surface area contributed by atoms with E-state index in [0.29, 0.717) is 17.8 Å². The molecule has 0 radical (unpaired) electrons. The molecule has 2 aromatic heterocycles. The minimum Gasteiger partial charge on any atom is -0.395 e. The average molecular weight is 341 g/mol. The van der Waals surface area contributed by atoms with Gasteiger partial charge in [-0.1, -0.05) is 36.4 Å². The molecule has 1 amide bonds. The van der Waals surface area contributed by atoms with E-state index in [4.69, 9.17) is 0 Å². The standard InChI is InChI=1S/C18H19N3O2S/c1-20-13-15(17(19-20)16-8-5-11-24-16)18(23)21(9-10-22)12-14-6-3-2-4-7-14/h2-8,11,13,22H,9-10,12H2,1H3. The Bertz CT molecular complexity index is 797. The predicted molar refractivity (Wildman–Crippen MR) is 94.8 cm³/mol. The van der Waals surface area contributed by atoms with E-state index >= 15 is 0 Å².